The minimum Gasteiger partial charge on any atom is -0.479 e. The number of esters is 1. The van der Waals surface area contributed by atoms with Crippen LogP contribution in [0.4, 0.5) is 5.69 Å². The monoisotopic (exact) mass is 566 g/mol. The summed E-state index contributed by atoms with van der Waals surface area (Å²) in [4.78, 5) is 45.3. The average molecular weight is 567 g/mol. The number of piperidine rings is 1. The smallest absolute Gasteiger partial charge is 0.352 e. The first kappa shape index (κ1) is 29.9. The van der Waals surface area contributed by atoms with Gasteiger partial charge in [0.05, 0.1) is 12.0 Å². The molecule has 0 saturated carbocycles. The molecule has 1 aromatic carbocycles. The number of rotatable bonds is 9. The van der Waals surface area contributed by atoms with E-state index in [1.165, 1.54) is 0 Å². The van der Waals surface area contributed by atoms with Crippen molar-refractivity contribution in [3.8, 4) is 16.2 Å². The van der Waals surface area contributed by atoms with E-state index in [9.17, 15) is 14.4 Å². The summed E-state index contributed by atoms with van der Waals surface area (Å²) in [5.41, 5.74) is 0.616. The van der Waals surface area contributed by atoms with Crippen LogP contribution in [0.25, 0.3) is 10.4 Å². The number of halogens is 1. The fourth-order valence-corrected chi connectivity index (χ4v) is 5.62. The number of aliphatic carboxylic acids is 1. The number of carbonyl (C=O) groups excluding carboxylic acids is 2. The van der Waals surface area contributed by atoms with Crippen LogP contribution in [0.15, 0.2) is 24.3 Å². The lowest BCUT2D eigenvalue weighted by Gasteiger charge is -2.38. The zero-order valence-electron chi connectivity index (χ0n) is 22.6. The molecule has 0 spiro atoms. The molecule has 0 aliphatic carbocycles. The number of hydrogen-bond donors (Lipinski definition) is 1. The number of benzene rings is 1. The predicted molar refractivity (Wildman–Crippen MR) is 147 cm³/mol. The summed E-state index contributed by atoms with van der Waals surface area (Å²) in [5, 5.41) is 11.1. The van der Waals surface area contributed by atoms with Crippen LogP contribution in [0, 0.1) is 5.92 Å². The molecule has 1 aliphatic rings. The number of ether oxygens (including phenoxy) is 2. The van der Waals surface area contributed by atoms with Crippen LogP contribution in [-0.2, 0) is 19.2 Å². The van der Waals surface area contributed by atoms with Crippen molar-refractivity contribution in [3.05, 3.63) is 34.2 Å². The summed E-state index contributed by atoms with van der Waals surface area (Å²) in [6, 6.07) is 7.39. The molecule has 9 nitrogen and oxygen atoms in total. The second kappa shape index (κ2) is 12.5. The minimum absolute atomic E-state index is 0.00265. The Kier molecular flexibility index (Phi) is 9.80. The van der Waals surface area contributed by atoms with Gasteiger partial charge in [-0.05, 0) is 51.3 Å². The van der Waals surface area contributed by atoms with Crippen molar-refractivity contribution >= 4 is 46.5 Å². The highest BCUT2D eigenvalue weighted by Crippen LogP contribution is 2.47. The first-order valence-corrected chi connectivity index (χ1v) is 13.6. The summed E-state index contributed by atoms with van der Waals surface area (Å²) in [6.45, 7) is 9.71. The van der Waals surface area contributed by atoms with Crippen LogP contribution in [-0.4, -0.2) is 66.5 Å². The van der Waals surface area contributed by atoms with Gasteiger partial charge in [-0.2, -0.15) is 5.06 Å². The van der Waals surface area contributed by atoms with E-state index in [1.807, 2.05) is 48.1 Å². The van der Waals surface area contributed by atoms with E-state index >= 15 is 0 Å². The van der Waals surface area contributed by atoms with Gasteiger partial charge in [0.2, 0.25) is 5.91 Å². The Bertz CT molecular complexity index is 1170. The maximum absolute atomic E-state index is 13.4. The zero-order chi connectivity index (χ0) is 28.2. The van der Waals surface area contributed by atoms with Crippen LogP contribution >= 0.6 is 22.9 Å². The van der Waals surface area contributed by atoms with E-state index in [2.05, 4.69) is 0 Å². The van der Waals surface area contributed by atoms with Crippen LogP contribution in [0.1, 0.15) is 57.1 Å². The van der Waals surface area contributed by atoms with Gasteiger partial charge < -0.3 is 24.3 Å². The Hall–Kier alpha value is -2.66. The van der Waals surface area contributed by atoms with E-state index in [0.29, 0.717) is 29.2 Å². The molecule has 2 aromatic rings. The third-order valence-corrected chi connectivity index (χ3v) is 7.57. The van der Waals surface area contributed by atoms with Gasteiger partial charge in [0.25, 0.3) is 0 Å². The second-order valence-electron chi connectivity index (χ2n) is 10.3. The highest BCUT2D eigenvalue weighted by molar-refractivity contribution is 7.18. The number of nitrogens with zero attached hydrogens (tertiary/aromatic N) is 2. The normalized spacial score (nSPS) is 14.9. The minimum atomic E-state index is -1.20. The van der Waals surface area contributed by atoms with Crippen LogP contribution in [0.2, 0.25) is 5.02 Å². The van der Waals surface area contributed by atoms with Gasteiger partial charge in [-0.1, -0.05) is 37.6 Å². The van der Waals surface area contributed by atoms with E-state index in [4.69, 9.17) is 31.0 Å². The van der Waals surface area contributed by atoms with Crippen molar-refractivity contribution in [1.29, 1.82) is 0 Å². The molecular weight excluding hydrogens is 532 g/mol. The number of carboxylic acids is 1. The molecule has 0 unspecified atom stereocenters. The topological polar surface area (TPSA) is 106 Å². The lowest BCUT2D eigenvalue weighted by molar-refractivity contribution is -0.145. The number of hydroxylamine groups is 2. The maximum atomic E-state index is 13.4. The molecule has 38 heavy (non-hydrogen) atoms. The highest BCUT2D eigenvalue weighted by atomic mass is 35.5. The quantitative estimate of drug-likeness (QED) is 0.397. The number of carboxylic acid groups (broad SMARTS) is 1. The van der Waals surface area contributed by atoms with E-state index in [-0.39, 0.29) is 33.5 Å². The number of hydrogen-bond acceptors (Lipinski definition) is 8. The third kappa shape index (κ3) is 7.25. The number of anilines is 1. The molecule has 3 rings (SSSR count). The number of thiophene rings is 1. The van der Waals surface area contributed by atoms with Gasteiger partial charge in [0.15, 0.2) is 17.2 Å². The number of amides is 1. The van der Waals surface area contributed by atoms with Crippen molar-refractivity contribution in [2.24, 2.45) is 5.92 Å². The fraction of sp³-hybridized carbons (Fsp3) is 0.519. The molecule has 1 saturated heterocycles. The molecule has 1 aliphatic heterocycles. The zero-order valence-corrected chi connectivity index (χ0v) is 24.1. The van der Waals surface area contributed by atoms with Gasteiger partial charge in [0.1, 0.15) is 10.6 Å². The van der Waals surface area contributed by atoms with Crippen molar-refractivity contribution in [2.45, 2.75) is 59.1 Å². The van der Waals surface area contributed by atoms with Gasteiger partial charge in [-0.3, -0.25) is 4.79 Å². The van der Waals surface area contributed by atoms with E-state index < -0.39 is 24.1 Å². The standard InChI is InChI=1S/C27H35ClN2O7S/c1-16(2)25(33)30(18-10-12-29(35-6)13-11-18)19-9-7-8-17(14-19)23-21(28)22(36-15-20(31)32)24(38-23)26(34)37-27(3,4)5/h7-9,14,16,18H,10-13,15H2,1-6H3,(H,31,32). The summed E-state index contributed by atoms with van der Waals surface area (Å²) in [7, 11) is 1.64. The molecule has 208 valence electrons. The second-order valence-corrected chi connectivity index (χ2v) is 11.7. The molecular formula is C27H35ClN2O7S. The average Bonchev–Trinajstić information content (AvgIpc) is 3.18. The Morgan fingerprint density at radius 1 is 1.21 bits per heavy atom. The van der Waals surface area contributed by atoms with Crippen LogP contribution in [0.5, 0.6) is 5.75 Å². The van der Waals surface area contributed by atoms with Crippen molar-refractivity contribution in [1.82, 2.24) is 5.06 Å². The Morgan fingerprint density at radius 3 is 2.42 bits per heavy atom. The number of carbonyl (C=O) groups is 3. The Labute approximate surface area is 232 Å². The fourth-order valence-electron chi connectivity index (χ4n) is 4.18. The molecule has 11 heteroatoms. The molecule has 0 radical (unpaired) electrons. The Morgan fingerprint density at radius 2 is 1.87 bits per heavy atom. The van der Waals surface area contributed by atoms with Crippen molar-refractivity contribution in [3.63, 3.8) is 0 Å². The van der Waals surface area contributed by atoms with Crippen molar-refractivity contribution in [2.75, 3.05) is 31.7 Å². The molecule has 1 fully saturated rings. The maximum Gasteiger partial charge on any atom is 0.352 e. The van der Waals surface area contributed by atoms with Crippen LogP contribution in [0.3, 0.4) is 0 Å². The van der Waals surface area contributed by atoms with E-state index in [1.54, 1.807) is 27.9 Å². The lowest BCUT2D eigenvalue weighted by atomic mass is 10.0. The SMILES string of the molecule is CON1CCC(N(C(=O)C(C)C)c2cccc(-c3sc(C(=O)OC(C)(C)C)c(OCC(=O)O)c3Cl)c2)CC1. The summed E-state index contributed by atoms with van der Waals surface area (Å²) in [5.74, 6) is -2.09. The van der Waals surface area contributed by atoms with Gasteiger partial charge in [-0.15, -0.1) is 11.3 Å². The molecule has 1 N–H and O–H groups in total. The summed E-state index contributed by atoms with van der Waals surface area (Å²) < 4.78 is 10.9. The van der Waals surface area contributed by atoms with Gasteiger partial charge in [-0.25, -0.2) is 9.59 Å². The van der Waals surface area contributed by atoms with Crippen molar-refractivity contribution < 1.29 is 33.8 Å². The van der Waals surface area contributed by atoms with E-state index in [0.717, 1.165) is 24.2 Å². The highest BCUT2D eigenvalue weighted by Gasteiger charge is 2.32. The predicted octanol–water partition coefficient (Wildman–Crippen LogP) is 5.50. The molecule has 0 atom stereocenters. The largest absolute Gasteiger partial charge is 0.479 e. The van der Waals surface area contributed by atoms with Gasteiger partial charge >= 0.3 is 11.9 Å². The molecule has 1 amide bonds. The van der Waals surface area contributed by atoms with Gasteiger partial charge in [0, 0.05) is 30.7 Å². The molecule has 0 bridgehead atoms. The third-order valence-electron chi connectivity index (χ3n) is 5.90. The van der Waals surface area contributed by atoms with Crippen LogP contribution < -0.4 is 9.64 Å². The first-order chi connectivity index (χ1) is 17.8. The molecule has 1 aromatic heterocycles. The summed E-state index contributed by atoms with van der Waals surface area (Å²) in [6.07, 6.45) is 1.51. The molecule has 2 heterocycles. The Balaban J connectivity index is 2.04. The summed E-state index contributed by atoms with van der Waals surface area (Å²) >= 11 is 7.74. The first-order valence-electron chi connectivity index (χ1n) is 12.4. The lowest BCUT2D eigenvalue weighted by Crippen LogP contribution is -2.48.